The second-order valence-electron chi connectivity index (χ2n) is 11.1. The molecular formula is C38H32F2O10. The third kappa shape index (κ3) is 9.13. The van der Waals surface area contributed by atoms with Gasteiger partial charge in [0.05, 0.1) is 0 Å². The van der Waals surface area contributed by atoms with Crippen molar-refractivity contribution in [3.63, 3.8) is 0 Å². The van der Waals surface area contributed by atoms with Gasteiger partial charge >= 0.3 is 29.8 Å². The first kappa shape index (κ1) is 38.0. The second kappa shape index (κ2) is 15.6. The summed E-state index contributed by atoms with van der Waals surface area (Å²) in [5.74, 6) is -8.58. The molecule has 0 heterocycles. The number of carbonyl (C=O) groups excluding carboxylic acids is 5. The highest BCUT2D eigenvalue weighted by molar-refractivity contribution is 5.95. The monoisotopic (exact) mass is 686 g/mol. The summed E-state index contributed by atoms with van der Waals surface area (Å²) in [5, 5.41) is 0. The van der Waals surface area contributed by atoms with Gasteiger partial charge in [-0.05, 0) is 65.0 Å². The zero-order valence-electron chi connectivity index (χ0n) is 27.9. The summed E-state index contributed by atoms with van der Waals surface area (Å²) in [6.45, 7) is 24.4. The van der Waals surface area contributed by atoms with Crippen molar-refractivity contribution in [2.75, 3.05) is 0 Å². The summed E-state index contributed by atoms with van der Waals surface area (Å²) >= 11 is 0. The SMILES string of the molecule is C=C(C)C(=O)Oc1ccc(-c2cc(OC(=O)C(=C)C)c(-c3cc(F)c(OC(=O)C(=C)C)cc3OC(=O)C(=C)C)cc2F)c(OC(=O)C(=C)C)c1. The normalized spacial score (nSPS) is 10.3. The van der Waals surface area contributed by atoms with Gasteiger partial charge in [-0.25, -0.2) is 32.8 Å². The molecule has 258 valence electrons. The van der Waals surface area contributed by atoms with Crippen LogP contribution in [0.4, 0.5) is 8.78 Å². The van der Waals surface area contributed by atoms with Gasteiger partial charge in [0.1, 0.15) is 28.8 Å². The predicted molar refractivity (Wildman–Crippen MR) is 179 cm³/mol. The van der Waals surface area contributed by atoms with E-state index in [9.17, 15) is 24.0 Å². The minimum atomic E-state index is -1.14. The lowest BCUT2D eigenvalue weighted by Gasteiger charge is -2.18. The number of hydrogen-bond donors (Lipinski definition) is 0. The van der Waals surface area contributed by atoms with Gasteiger partial charge in [-0.1, -0.05) is 32.9 Å². The molecule has 3 aromatic carbocycles. The van der Waals surface area contributed by atoms with Gasteiger partial charge < -0.3 is 23.7 Å². The number of ether oxygens (including phenoxy) is 5. The van der Waals surface area contributed by atoms with Crippen molar-refractivity contribution >= 4 is 29.8 Å². The maximum absolute atomic E-state index is 16.2. The predicted octanol–water partition coefficient (Wildman–Crippen LogP) is 7.71. The topological polar surface area (TPSA) is 132 Å². The molecule has 12 heteroatoms. The van der Waals surface area contributed by atoms with E-state index in [0.717, 1.165) is 30.3 Å². The number of hydrogen-bond acceptors (Lipinski definition) is 10. The van der Waals surface area contributed by atoms with Gasteiger partial charge in [0.15, 0.2) is 11.6 Å². The summed E-state index contributed by atoms with van der Waals surface area (Å²) in [6, 6.07) is 7.27. The smallest absolute Gasteiger partial charge is 0.338 e. The van der Waals surface area contributed by atoms with Crippen LogP contribution in [0.1, 0.15) is 34.6 Å². The van der Waals surface area contributed by atoms with Crippen molar-refractivity contribution < 1.29 is 56.4 Å². The Balaban J connectivity index is 2.37. The van der Waals surface area contributed by atoms with Crippen molar-refractivity contribution in [2.45, 2.75) is 34.6 Å². The van der Waals surface area contributed by atoms with Crippen LogP contribution < -0.4 is 23.7 Å². The summed E-state index contributed by atoms with van der Waals surface area (Å²) in [4.78, 5) is 62.2. The molecule has 0 spiro atoms. The fourth-order valence-corrected chi connectivity index (χ4v) is 3.78. The molecule has 0 radical (unpaired) electrons. The minimum Gasteiger partial charge on any atom is -0.423 e. The number of rotatable bonds is 12. The third-order valence-corrected chi connectivity index (χ3v) is 6.40. The second-order valence-corrected chi connectivity index (χ2v) is 11.1. The van der Waals surface area contributed by atoms with Gasteiger partial charge in [-0.15, -0.1) is 0 Å². The van der Waals surface area contributed by atoms with Gasteiger partial charge in [0.2, 0.25) is 0 Å². The molecule has 0 atom stereocenters. The van der Waals surface area contributed by atoms with Crippen LogP contribution in [0.3, 0.4) is 0 Å². The number of halogens is 2. The van der Waals surface area contributed by atoms with Gasteiger partial charge in [0.25, 0.3) is 0 Å². The highest BCUT2D eigenvalue weighted by Crippen LogP contribution is 2.45. The molecule has 0 fully saturated rings. The number of esters is 5. The molecule has 0 saturated carbocycles. The molecule has 0 aliphatic rings. The molecule has 10 nitrogen and oxygen atoms in total. The maximum Gasteiger partial charge on any atom is 0.338 e. The average molecular weight is 687 g/mol. The molecule has 3 aromatic rings. The molecule has 0 bridgehead atoms. The van der Waals surface area contributed by atoms with Crippen molar-refractivity contribution in [3.8, 4) is 51.0 Å². The van der Waals surface area contributed by atoms with Gasteiger partial charge in [-0.2, -0.15) is 0 Å². The van der Waals surface area contributed by atoms with E-state index in [-0.39, 0.29) is 67.4 Å². The molecule has 0 aliphatic carbocycles. The van der Waals surface area contributed by atoms with E-state index >= 15 is 8.78 Å². The summed E-state index contributed by atoms with van der Waals surface area (Å²) in [5.41, 5.74) is -1.10. The van der Waals surface area contributed by atoms with E-state index < -0.39 is 53.0 Å². The van der Waals surface area contributed by atoms with E-state index in [1.54, 1.807) is 0 Å². The quantitative estimate of drug-likeness (QED) is 0.106. The fourth-order valence-electron chi connectivity index (χ4n) is 3.78. The van der Waals surface area contributed by atoms with Crippen LogP contribution in [0.5, 0.6) is 28.7 Å². The Hall–Kier alpha value is -6.43. The molecule has 0 unspecified atom stereocenters. The zero-order valence-corrected chi connectivity index (χ0v) is 27.9. The highest BCUT2D eigenvalue weighted by atomic mass is 19.1. The van der Waals surface area contributed by atoms with Crippen LogP contribution in [0, 0.1) is 11.6 Å². The molecule has 0 N–H and O–H groups in total. The third-order valence-electron chi connectivity index (χ3n) is 6.40. The Morgan fingerprint density at radius 2 is 0.780 bits per heavy atom. The Morgan fingerprint density at radius 3 is 1.22 bits per heavy atom. The van der Waals surface area contributed by atoms with E-state index in [0.29, 0.717) is 0 Å². The van der Waals surface area contributed by atoms with E-state index in [1.165, 1.54) is 46.8 Å². The largest absolute Gasteiger partial charge is 0.423 e. The number of benzene rings is 3. The molecule has 0 aromatic heterocycles. The first-order valence-electron chi connectivity index (χ1n) is 14.5. The molecular weight excluding hydrogens is 654 g/mol. The Kier molecular flexibility index (Phi) is 11.9. The Labute approximate surface area is 286 Å². The first-order chi connectivity index (χ1) is 23.3. The lowest BCUT2D eigenvalue weighted by Crippen LogP contribution is -2.13. The molecule has 0 amide bonds. The summed E-state index contributed by atoms with van der Waals surface area (Å²) in [6.07, 6.45) is 0. The van der Waals surface area contributed by atoms with Crippen molar-refractivity contribution in [3.05, 3.63) is 115 Å². The van der Waals surface area contributed by atoms with Crippen LogP contribution in [0.2, 0.25) is 0 Å². The Bertz CT molecular complexity index is 2040. The minimum absolute atomic E-state index is 0.0107. The van der Waals surface area contributed by atoms with E-state index in [2.05, 4.69) is 32.9 Å². The first-order valence-corrected chi connectivity index (χ1v) is 14.5. The Morgan fingerprint density at radius 1 is 0.420 bits per heavy atom. The zero-order chi connectivity index (χ0) is 37.6. The molecule has 3 rings (SSSR count). The van der Waals surface area contributed by atoms with E-state index in [4.69, 9.17) is 23.7 Å². The maximum atomic E-state index is 16.2. The summed E-state index contributed by atoms with van der Waals surface area (Å²) in [7, 11) is 0. The number of carbonyl (C=O) groups is 5. The molecule has 0 saturated heterocycles. The molecule has 0 aliphatic heterocycles. The van der Waals surface area contributed by atoms with Gasteiger partial charge in [-0.3, -0.25) is 0 Å². The lowest BCUT2D eigenvalue weighted by atomic mass is 9.96. The van der Waals surface area contributed by atoms with Crippen LogP contribution in [-0.2, 0) is 24.0 Å². The van der Waals surface area contributed by atoms with Crippen molar-refractivity contribution in [1.29, 1.82) is 0 Å². The van der Waals surface area contributed by atoms with Gasteiger partial charge in [0, 0.05) is 62.3 Å². The van der Waals surface area contributed by atoms with Crippen LogP contribution in [0.15, 0.2) is 103 Å². The average Bonchev–Trinajstić information content (AvgIpc) is 3.03. The van der Waals surface area contributed by atoms with Crippen LogP contribution >= 0.6 is 0 Å². The standard InChI is InChI=1S/C38H32F2O10/c1-18(2)34(41)46-23-11-12-24(30(13-23)47-35(42)19(3)4)25-16-31(48-36(43)20(5)6)26(14-28(25)39)27-15-29(40)33(50-38(45)22(9)10)17-32(27)49-37(44)21(7)8/h11-17H,1,3,5,7,9H2,2,4,6,8,10H3. The summed E-state index contributed by atoms with van der Waals surface area (Å²) < 4.78 is 58.3. The van der Waals surface area contributed by atoms with E-state index in [1.807, 2.05) is 0 Å². The highest BCUT2D eigenvalue weighted by Gasteiger charge is 2.26. The lowest BCUT2D eigenvalue weighted by molar-refractivity contribution is -0.131. The van der Waals surface area contributed by atoms with Crippen LogP contribution in [0.25, 0.3) is 22.3 Å². The fraction of sp³-hybridized carbons (Fsp3) is 0.132. The van der Waals surface area contributed by atoms with Crippen molar-refractivity contribution in [2.24, 2.45) is 0 Å². The molecule has 50 heavy (non-hydrogen) atoms. The van der Waals surface area contributed by atoms with Crippen molar-refractivity contribution in [1.82, 2.24) is 0 Å². The van der Waals surface area contributed by atoms with Crippen LogP contribution in [-0.4, -0.2) is 29.8 Å².